The van der Waals surface area contributed by atoms with Crippen molar-refractivity contribution in [2.45, 2.75) is 76.9 Å². The molecule has 0 amide bonds. The molecule has 152 valence electrons. The third kappa shape index (κ3) is 6.26. The molecular formula is C20H38O4P2. The van der Waals surface area contributed by atoms with E-state index < -0.39 is 0 Å². The summed E-state index contributed by atoms with van der Waals surface area (Å²) in [7, 11) is 3.67. The fraction of sp³-hybridized carbons (Fsp3) is 0.850. The van der Waals surface area contributed by atoms with Crippen molar-refractivity contribution in [3.05, 3.63) is 12.2 Å². The molecule has 7 atom stereocenters. The predicted molar refractivity (Wildman–Crippen MR) is 114 cm³/mol. The maximum atomic E-state index is 11.4. The minimum atomic E-state index is -0.300. The van der Waals surface area contributed by atoms with Crippen LogP contribution < -0.4 is 0 Å². The Hall–Kier alpha value is -0.0100. The zero-order valence-electron chi connectivity index (χ0n) is 17.2. The standard InChI is InChI=1S/C20H36O4P2.H2/c1-14-13-19(24-26)17(16(14)9-6-10-20(21)22-2)11-12-18(23-25)15-7-4-3-5-8-15;/h6,10,14-19H,3-5,7-9,11-13,25-26H2,1-2H3;1H/b10-6-;/t14-,16-,17+,18+,19+;/m0./s1/i26T;1+2/t14-,16-,17+,18+,19+,26?;. The molecule has 0 aromatic carbocycles. The van der Waals surface area contributed by atoms with Crippen LogP contribution in [0.4, 0.5) is 0 Å². The summed E-state index contributed by atoms with van der Waals surface area (Å²) in [5.41, 5.74) is 0. The molecule has 0 heterocycles. The molecular weight excluding hydrogens is 366 g/mol. The molecule has 2 rings (SSSR count). The highest BCUT2D eigenvalue weighted by Gasteiger charge is 2.41. The van der Waals surface area contributed by atoms with Gasteiger partial charge in [-0.1, -0.05) is 32.3 Å². The smallest absolute Gasteiger partial charge is 0.330 e. The van der Waals surface area contributed by atoms with Crippen LogP contribution in [0.2, 0.25) is 0 Å². The number of hydrogen-bond acceptors (Lipinski definition) is 4. The van der Waals surface area contributed by atoms with Crippen molar-refractivity contribution in [3.63, 3.8) is 0 Å². The van der Waals surface area contributed by atoms with Crippen LogP contribution in [-0.2, 0) is 18.6 Å². The van der Waals surface area contributed by atoms with E-state index in [0.29, 0.717) is 29.8 Å². The number of carbonyl (C=O) groups is 1. The van der Waals surface area contributed by atoms with Crippen molar-refractivity contribution < 1.29 is 20.0 Å². The van der Waals surface area contributed by atoms with E-state index in [9.17, 15) is 4.79 Å². The van der Waals surface area contributed by atoms with Gasteiger partial charge in [0.2, 0.25) is 0 Å². The van der Waals surface area contributed by atoms with Gasteiger partial charge >= 0.3 is 5.97 Å². The average molecular weight is 408 g/mol. The molecule has 0 saturated heterocycles. The molecule has 26 heavy (non-hydrogen) atoms. The van der Waals surface area contributed by atoms with Crippen LogP contribution >= 0.6 is 18.9 Å². The van der Waals surface area contributed by atoms with Crippen molar-refractivity contribution in [3.8, 4) is 0 Å². The van der Waals surface area contributed by atoms with Gasteiger partial charge in [0.15, 0.2) is 0 Å². The fourth-order valence-corrected chi connectivity index (χ4v) is 5.65. The molecule has 0 radical (unpaired) electrons. The first-order valence-electron chi connectivity index (χ1n) is 10.5. The first-order chi connectivity index (χ1) is 13.1. The minimum absolute atomic E-state index is 0. The Morgan fingerprint density at radius 2 is 2.12 bits per heavy atom. The number of carbonyl (C=O) groups excluding carboxylic acids is 1. The van der Waals surface area contributed by atoms with Crippen LogP contribution in [0.15, 0.2) is 12.2 Å². The molecule has 0 aromatic heterocycles. The second-order valence-electron chi connectivity index (χ2n) is 8.01. The van der Waals surface area contributed by atoms with Gasteiger partial charge < -0.3 is 13.8 Å². The minimum Gasteiger partial charge on any atom is -0.466 e. The van der Waals surface area contributed by atoms with Gasteiger partial charge in [-0.15, -0.1) is 0 Å². The maximum Gasteiger partial charge on any atom is 0.330 e. The topological polar surface area (TPSA) is 44.8 Å². The van der Waals surface area contributed by atoms with Gasteiger partial charge in [0, 0.05) is 26.4 Å². The molecule has 0 aromatic rings. The highest BCUT2D eigenvalue weighted by atomic mass is 31.0. The lowest BCUT2D eigenvalue weighted by Crippen LogP contribution is -2.27. The number of hydrogen-bond donors (Lipinski definition) is 0. The molecule has 2 aliphatic carbocycles. The Morgan fingerprint density at radius 3 is 2.77 bits per heavy atom. The van der Waals surface area contributed by atoms with Crippen LogP contribution in [0.5, 0.6) is 0 Å². The van der Waals surface area contributed by atoms with E-state index >= 15 is 0 Å². The third-order valence-electron chi connectivity index (χ3n) is 6.51. The van der Waals surface area contributed by atoms with Gasteiger partial charge in [-0.3, -0.25) is 0 Å². The Kier molecular flexibility index (Phi) is 9.36. The largest absolute Gasteiger partial charge is 0.466 e. The Morgan fingerprint density at radius 1 is 1.35 bits per heavy atom. The Bertz CT molecular complexity index is 475. The second-order valence-corrected chi connectivity index (χ2v) is 8.52. The van der Waals surface area contributed by atoms with Crippen LogP contribution in [0.1, 0.15) is 66.1 Å². The number of methoxy groups -OCH3 is 1. The first kappa shape index (κ1) is 20.7. The van der Waals surface area contributed by atoms with E-state index in [-0.39, 0.29) is 22.9 Å². The normalized spacial score (nSPS) is 32.3. The molecule has 2 aliphatic rings. The lowest BCUT2D eigenvalue weighted by atomic mass is 9.80. The van der Waals surface area contributed by atoms with Crippen molar-refractivity contribution >= 4 is 24.8 Å². The van der Waals surface area contributed by atoms with E-state index in [0.717, 1.165) is 25.7 Å². The summed E-state index contributed by atoms with van der Waals surface area (Å²) in [4.78, 5) is 11.4. The average Bonchev–Trinajstić information content (AvgIpc) is 2.98. The third-order valence-corrected chi connectivity index (χ3v) is 7.16. The second kappa shape index (κ2) is 11.7. The van der Waals surface area contributed by atoms with Gasteiger partial charge in [0.25, 0.3) is 0 Å². The highest BCUT2D eigenvalue weighted by Crippen LogP contribution is 2.45. The first-order valence-corrected chi connectivity index (χ1v) is 10.9. The lowest BCUT2D eigenvalue weighted by molar-refractivity contribution is -0.134. The van der Waals surface area contributed by atoms with Gasteiger partial charge in [-0.2, -0.15) is 0 Å². The summed E-state index contributed by atoms with van der Waals surface area (Å²) in [6.45, 7) is 2.27. The van der Waals surface area contributed by atoms with Crippen LogP contribution in [0, 0.1) is 23.7 Å². The number of ether oxygens (including phenoxy) is 1. The molecule has 0 N–H and O–H groups in total. The summed E-state index contributed by atoms with van der Waals surface area (Å²) in [5, 5.41) is 0. The van der Waals surface area contributed by atoms with Gasteiger partial charge in [-0.25, -0.2) is 4.79 Å². The van der Waals surface area contributed by atoms with Crippen molar-refractivity contribution in [2.75, 3.05) is 7.11 Å². The fourth-order valence-electron chi connectivity index (χ4n) is 5.02. The molecule has 0 bridgehead atoms. The zero-order chi connectivity index (χ0) is 19.6. The molecule has 0 spiro atoms. The summed E-state index contributed by atoms with van der Waals surface area (Å²) in [5.74, 6) is 1.80. The van der Waals surface area contributed by atoms with E-state index in [1.54, 1.807) is 0 Å². The number of rotatable bonds is 10. The molecule has 4 nitrogen and oxygen atoms in total. The zero-order valence-corrected chi connectivity index (χ0v) is 18.3. The molecule has 2 unspecified atom stereocenters. The predicted octanol–water partition coefficient (Wildman–Crippen LogP) is 5.34. The Balaban J connectivity index is 0.00000392. The highest BCUT2D eigenvalue weighted by molar-refractivity contribution is 7.10. The van der Waals surface area contributed by atoms with Crippen molar-refractivity contribution in [1.82, 2.24) is 0 Å². The van der Waals surface area contributed by atoms with Crippen molar-refractivity contribution in [2.24, 2.45) is 23.7 Å². The van der Waals surface area contributed by atoms with Gasteiger partial charge in [0.1, 0.15) is 0 Å². The van der Waals surface area contributed by atoms with E-state index in [1.165, 1.54) is 45.3 Å². The molecule has 6 heteroatoms. The molecule has 0 aliphatic heterocycles. The van der Waals surface area contributed by atoms with Crippen LogP contribution in [0.3, 0.4) is 0 Å². The lowest BCUT2D eigenvalue weighted by Gasteiger charge is -2.31. The maximum absolute atomic E-state index is 11.4. The molecule has 2 fully saturated rings. The van der Waals surface area contributed by atoms with Gasteiger partial charge in [0.05, 0.1) is 20.6 Å². The summed E-state index contributed by atoms with van der Waals surface area (Å²) in [6.07, 6.45) is 14.5. The molecule has 2 saturated carbocycles. The number of allylic oxidation sites excluding steroid dienone is 1. The van der Waals surface area contributed by atoms with Crippen molar-refractivity contribution in [1.29, 1.82) is 1.28 Å². The van der Waals surface area contributed by atoms with Gasteiger partial charge in [-0.05, 0) is 62.2 Å². The van der Waals surface area contributed by atoms with E-state index in [1.807, 2.05) is 6.08 Å². The van der Waals surface area contributed by atoms with Crippen LogP contribution in [-0.4, -0.2) is 26.6 Å². The monoisotopic (exact) mass is 408 g/mol. The van der Waals surface area contributed by atoms with E-state index in [4.69, 9.17) is 15.1 Å². The summed E-state index contributed by atoms with van der Waals surface area (Å²) < 4.78 is 23.8. The summed E-state index contributed by atoms with van der Waals surface area (Å²) >= 11 is 0. The van der Waals surface area contributed by atoms with Crippen LogP contribution in [0.25, 0.3) is 0 Å². The number of esters is 1. The Labute approximate surface area is 166 Å². The summed E-state index contributed by atoms with van der Waals surface area (Å²) in [6, 6.07) is 0. The van der Waals surface area contributed by atoms with E-state index in [2.05, 4.69) is 16.4 Å². The quantitative estimate of drug-likeness (QED) is 0.278. The SMILES string of the molecule is [3HH].[3H]PO[C@@H]1C[C@H](C)[C@H](C/C=C\C(=O)OC)[C@H]1CC[C@@H](OP)C1CCCCC1.